The fourth-order valence-electron chi connectivity index (χ4n) is 2.71. The van der Waals surface area contributed by atoms with E-state index in [0.717, 1.165) is 41.9 Å². The summed E-state index contributed by atoms with van der Waals surface area (Å²) < 4.78 is 58.1. The Balaban J connectivity index is 1.84. The number of halogens is 2. The molecule has 10 nitrogen and oxygen atoms in total. The van der Waals surface area contributed by atoms with Gasteiger partial charge in [-0.2, -0.15) is 8.78 Å². The third-order valence-electron chi connectivity index (χ3n) is 4.16. The second kappa shape index (κ2) is 9.46. The standard InChI is InChI=1S/C19H15F2N3O7S2/c1-30-14-7-10(13(24(26)27)9-15(14)31-18(20)21)3-6-17(25)23-19-22-12-5-4-11(33(2,28)29)8-16(12)32-19/h3-9,18H,1-2H3,(H,22,23,25)/b6-3+. The van der Waals surface area contributed by atoms with Crippen molar-refractivity contribution in [3.8, 4) is 11.5 Å². The minimum Gasteiger partial charge on any atom is -0.493 e. The number of alkyl halides is 2. The van der Waals surface area contributed by atoms with E-state index in [4.69, 9.17) is 4.74 Å². The lowest BCUT2D eigenvalue weighted by Crippen LogP contribution is -2.07. The van der Waals surface area contributed by atoms with Crippen LogP contribution in [0.1, 0.15) is 5.56 Å². The molecule has 0 aliphatic carbocycles. The van der Waals surface area contributed by atoms with Gasteiger partial charge in [-0.1, -0.05) is 11.3 Å². The highest BCUT2D eigenvalue weighted by molar-refractivity contribution is 7.90. The summed E-state index contributed by atoms with van der Waals surface area (Å²) in [5.74, 6) is -1.39. The Labute approximate surface area is 189 Å². The van der Waals surface area contributed by atoms with E-state index in [0.29, 0.717) is 10.2 Å². The van der Waals surface area contributed by atoms with E-state index in [9.17, 15) is 32.1 Å². The van der Waals surface area contributed by atoms with E-state index in [-0.39, 0.29) is 21.3 Å². The van der Waals surface area contributed by atoms with Crippen LogP contribution in [0.2, 0.25) is 0 Å². The first-order chi connectivity index (χ1) is 15.5. The highest BCUT2D eigenvalue weighted by Crippen LogP contribution is 2.36. The number of ether oxygens (including phenoxy) is 2. The number of rotatable bonds is 8. The molecule has 0 fully saturated rings. The van der Waals surface area contributed by atoms with Gasteiger partial charge >= 0.3 is 6.61 Å². The Morgan fingerprint density at radius 3 is 2.61 bits per heavy atom. The number of sulfone groups is 1. The van der Waals surface area contributed by atoms with Crippen LogP contribution in [0.25, 0.3) is 16.3 Å². The molecule has 3 rings (SSSR count). The van der Waals surface area contributed by atoms with Gasteiger partial charge in [0, 0.05) is 12.3 Å². The molecule has 1 N–H and O–H groups in total. The van der Waals surface area contributed by atoms with Gasteiger partial charge in [0.2, 0.25) is 5.91 Å². The van der Waals surface area contributed by atoms with Gasteiger partial charge in [-0.15, -0.1) is 0 Å². The van der Waals surface area contributed by atoms with E-state index >= 15 is 0 Å². The Bertz CT molecular complexity index is 1370. The lowest BCUT2D eigenvalue weighted by atomic mass is 10.1. The average molecular weight is 499 g/mol. The van der Waals surface area contributed by atoms with E-state index < -0.39 is 38.7 Å². The zero-order chi connectivity index (χ0) is 24.3. The maximum absolute atomic E-state index is 12.5. The summed E-state index contributed by atoms with van der Waals surface area (Å²) in [7, 11) is -2.24. The summed E-state index contributed by atoms with van der Waals surface area (Å²) in [6, 6.07) is 6.20. The molecule has 0 aliphatic heterocycles. The summed E-state index contributed by atoms with van der Waals surface area (Å²) in [5.41, 5.74) is -0.193. The van der Waals surface area contributed by atoms with Crippen LogP contribution >= 0.6 is 11.3 Å². The van der Waals surface area contributed by atoms with Crippen LogP contribution in [0, 0.1) is 10.1 Å². The number of nitrogens with zero attached hydrogens (tertiary/aromatic N) is 2. The highest BCUT2D eigenvalue weighted by Gasteiger charge is 2.21. The predicted molar refractivity (Wildman–Crippen MR) is 117 cm³/mol. The molecule has 3 aromatic rings. The van der Waals surface area contributed by atoms with E-state index in [1.54, 1.807) is 0 Å². The van der Waals surface area contributed by atoms with Gasteiger partial charge in [0.25, 0.3) is 5.69 Å². The summed E-state index contributed by atoms with van der Waals surface area (Å²) in [6.45, 7) is -3.21. The Kier molecular flexibility index (Phi) is 6.88. The number of fused-ring (bicyclic) bond motifs is 1. The number of methoxy groups -OCH3 is 1. The van der Waals surface area contributed by atoms with Crippen molar-refractivity contribution in [3.05, 3.63) is 52.1 Å². The van der Waals surface area contributed by atoms with Crippen molar-refractivity contribution >= 4 is 54.2 Å². The van der Waals surface area contributed by atoms with Crippen molar-refractivity contribution in [2.75, 3.05) is 18.7 Å². The maximum atomic E-state index is 12.5. The zero-order valence-electron chi connectivity index (χ0n) is 16.9. The fraction of sp³-hybridized carbons (Fsp3) is 0.158. The number of benzene rings is 2. The number of aromatic nitrogens is 1. The summed E-state index contributed by atoms with van der Waals surface area (Å²) in [5, 5.41) is 14.0. The Morgan fingerprint density at radius 1 is 1.27 bits per heavy atom. The number of carbonyl (C=O) groups is 1. The van der Waals surface area contributed by atoms with E-state index in [1.165, 1.54) is 25.3 Å². The van der Waals surface area contributed by atoms with E-state index in [1.807, 2.05) is 0 Å². The number of nitro groups is 1. The van der Waals surface area contributed by atoms with Crippen LogP contribution in [-0.4, -0.2) is 44.2 Å². The van der Waals surface area contributed by atoms with Gasteiger partial charge in [-0.3, -0.25) is 20.2 Å². The number of hydrogen-bond acceptors (Lipinski definition) is 9. The molecule has 0 unspecified atom stereocenters. The molecular weight excluding hydrogens is 484 g/mol. The smallest absolute Gasteiger partial charge is 0.387 e. The number of nitro benzene ring substituents is 1. The van der Waals surface area contributed by atoms with Crippen molar-refractivity contribution < 1.29 is 36.4 Å². The average Bonchev–Trinajstić information content (AvgIpc) is 3.12. The molecule has 14 heteroatoms. The minimum absolute atomic E-state index is 0.0873. The molecule has 0 radical (unpaired) electrons. The van der Waals surface area contributed by atoms with Gasteiger partial charge in [0.15, 0.2) is 26.5 Å². The van der Waals surface area contributed by atoms with Crippen molar-refractivity contribution in [2.45, 2.75) is 11.5 Å². The largest absolute Gasteiger partial charge is 0.493 e. The van der Waals surface area contributed by atoms with Gasteiger partial charge in [0.1, 0.15) is 0 Å². The minimum atomic E-state index is -3.41. The van der Waals surface area contributed by atoms with Gasteiger partial charge in [-0.25, -0.2) is 13.4 Å². The number of thiazole rings is 1. The van der Waals surface area contributed by atoms with Crippen LogP contribution in [0.15, 0.2) is 41.3 Å². The molecule has 33 heavy (non-hydrogen) atoms. The highest BCUT2D eigenvalue weighted by atomic mass is 32.2. The molecule has 0 atom stereocenters. The molecule has 0 saturated carbocycles. The second-order valence-corrected chi connectivity index (χ2v) is 9.49. The van der Waals surface area contributed by atoms with Crippen molar-refractivity contribution in [3.63, 3.8) is 0 Å². The number of amides is 1. The fourth-order valence-corrected chi connectivity index (χ4v) is 4.34. The first kappa shape index (κ1) is 24.0. The topological polar surface area (TPSA) is 138 Å². The molecule has 1 aromatic heterocycles. The third kappa shape index (κ3) is 5.78. The van der Waals surface area contributed by atoms with Crippen molar-refractivity contribution in [2.24, 2.45) is 0 Å². The lowest BCUT2D eigenvalue weighted by molar-refractivity contribution is -0.385. The van der Waals surface area contributed by atoms with Gasteiger partial charge in [-0.05, 0) is 30.3 Å². The second-order valence-electron chi connectivity index (χ2n) is 6.44. The molecule has 0 bridgehead atoms. The summed E-state index contributed by atoms with van der Waals surface area (Å²) in [4.78, 5) is 27.1. The number of hydrogen-bond donors (Lipinski definition) is 1. The maximum Gasteiger partial charge on any atom is 0.387 e. The molecule has 1 heterocycles. The van der Waals surface area contributed by atoms with Gasteiger partial charge < -0.3 is 9.47 Å². The van der Waals surface area contributed by atoms with Crippen LogP contribution in [0.5, 0.6) is 11.5 Å². The molecule has 1 amide bonds. The quantitative estimate of drug-likeness (QED) is 0.280. The Morgan fingerprint density at radius 2 is 2.00 bits per heavy atom. The van der Waals surface area contributed by atoms with Gasteiger partial charge in [0.05, 0.1) is 38.8 Å². The van der Waals surface area contributed by atoms with Crippen LogP contribution in [0.3, 0.4) is 0 Å². The van der Waals surface area contributed by atoms with E-state index in [2.05, 4.69) is 15.0 Å². The normalized spacial score (nSPS) is 11.8. The molecule has 0 spiro atoms. The van der Waals surface area contributed by atoms with Crippen LogP contribution in [0.4, 0.5) is 19.6 Å². The van der Waals surface area contributed by atoms with Crippen molar-refractivity contribution in [1.82, 2.24) is 4.98 Å². The summed E-state index contributed by atoms with van der Waals surface area (Å²) in [6.07, 6.45) is 3.17. The molecule has 174 valence electrons. The van der Waals surface area contributed by atoms with Crippen LogP contribution < -0.4 is 14.8 Å². The van der Waals surface area contributed by atoms with Crippen molar-refractivity contribution in [1.29, 1.82) is 0 Å². The Hall–Kier alpha value is -3.65. The molecule has 2 aromatic carbocycles. The summed E-state index contributed by atoms with van der Waals surface area (Å²) >= 11 is 1.04. The number of nitrogens with one attached hydrogen (secondary N) is 1. The predicted octanol–water partition coefficient (Wildman–Crippen LogP) is 3.87. The monoisotopic (exact) mass is 499 g/mol. The number of carbonyl (C=O) groups excluding carboxylic acids is 1. The molecule has 0 aliphatic rings. The number of anilines is 1. The van der Waals surface area contributed by atoms with Crippen LogP contribution in [-0.2, 0) is 14.6 Å². The molecule has 0 saturated heterocycles. The molecular formula is C19H15F2N3O7S2. The first-order valence-electron chi connectivity index (χ1n) is 8.89. The zero-order valence-corrected chi connectivity index (χ0v) is 18.6. The third-order valence-corrected chi connectivity index (χ3v) is 6.20. The first-order valence-corrected chi connectivity index (χ1v) is 11.6. The lowest BCUT2D eigenvalue weighted by Gasteiger charge is -2.10. The SMILES string of the molecule is COc1cc(/C=C/C(=O)Nc2nc3ccc(S(C)(=O)=O)cc3s2)c([N+](=O)[O-])cc1OC(F)F.